The molecule has 0 saturated carbocycles. The van der Waals surface area contributed by atoms with E-state index in [2.05, 4.69) is 133 Å². The molecule has 4 nitrogen and oxygen atoms in total. The summed E-state index contributed by atoms with van der Waals surface area (Å²) >= 11 is 0. The monoisotopic (exact) mass is 538 g/mol. The average molecular weight is 539 g/mol. The van der Waals surface area contributed by atoms with Gasteiger partial charge in [-0.3, -0.25) is 0 Å². The maximum atomic E-state index is 5.27. The van der Waals surface area contributed by atoms with Crippen molar-refractivity contribution in [1.82, 2.24) is 19.9 Å². The Hall–Kier alpha value is -5.48. The van der Waals surface area contributed by atoms with Gasteiger partial charge in [0.1, 0.15) is 12.0 Å². The Labute approximate surface area is 243 Å². The second-order valence-electron chi connectivity index (χ2n) is 10.6. The Bertz CT molecular complexity index is 2300. The molecule has 6 aromatic carbocycles. The Morgan fingerprint density at radius 2 is 1.02 bits per heavy atom. The molecule has 8 rings (SSSR count). The van der Waals surface area contributed by atoms with Crippen molar-refractivity contribution < 1.29 is 0 Å². The lowest BCUT2D eigenvalue weighted by atomic mass is 9.96. The standard InChI is InChI=1S/C38H26N4/c1-2-32-35(30-17-15-24-9-3-5-11-26(24)19-30)41-38(31-18-16-25-10-4-6-12-27(25)20-31)42-37(32)36-33-21-28-13-7-8-14-29(28)22-34(33)39-23-40-36/h3-23H,2H2,1H3. The molecule has 0 aliphatic carbocycles. The van der Waals surface area contributed by atoms with E-state index < -0.39 is 0 Å². The molecule has 8 aromatic rings. The molecule has 0 spiro atoms. The highest BCUT2D eigenvalue weighted by Crippen LogP contribution is 2.37. The number of hydrogen-bond acceptors (Lipinski definition) is 4. The minimum Gasteiger partial charge on any atom is -0.236 e. The molecule has 0 unspecified atom stereocenters. The van der Waals surface area contributed by atoms with Crippen LogP contribution >= 0.6 is 0 Å². The lowest BCUT2D eigenvalue weighted by molar-refractivity contribution is 1.05. The van der Waals surface area contributed by atoms with E-state index in [0.29, 0.717) is 5.82 Å². The van der Waals surface area contributed by atoms with E-state index in [9.17, 15) is 0 Å². The second-order valence-corrected chi connectivity index (χ2v) is 10.6. The summed E-state index contributed by atoms with van der Waals surface area (Å²) < 4.78 is 0. The lowest BCUT2D eigenvalue weighted by Gasteiger charge is -2.16. The number of hydrogen-bond donors (Lipinski definition) is 0. The van der Waals surface area contributed by atoms with Crippen LogP contribution in [0.1, 0.15) is 12.5 Å². The third-order valence-electron chi connectivity index (χ3n) is 8.12. The summed E-state index contributed by atoms with van der Waals surface area (Å²) in [6.07, 6.45) is 2.41. The summed E-state index contributed by atoms with van der Waals surface area (Å²) in [6, 6.07) is 42.5. The third kappa shape index (κ3) is 4.08. The fourth-order valence-corrected chi connectivity index (χ4v) is 5.98. The van der Waals surface area contributed by atoms with E-state index in [0.717, 1.165) is 67.3 Å². The van der Waals surface area contributed by atoms with Crippen molar-refractivity contribution in [3.8, 4) is 34.0 Å². The van der Waals surface area contributed by atoms with E-state index in [4.69, 9.17) is 15.0 Å². The molecule has 0 aliphatic rings. The predicted molar refractivity (Wildman–Crippen MR) is 173 cm³/mol. The Balaban J connectivity index is 1.44. The maximum absolute atomic E-state index is 5.27. The van der Waals surface area contributed by atoms with Gasteiger partial charge in [-0.05, 0) is 63.0 Å². The van der Waals surface area contributed by atoms with Crippen molar-refractivity contribution in [3.63, 3.8) is 0 Å². The minimum atomic E-state index is 0.684. The van der Waals surface area contributed by atoms with E-state index >= 15 is 0 Å². The summed E-state index contributed by atoms with van der Waals surface area (Å²) in [5.41, 5.74) is 6.63. The van der Waals surface area contributed by atoms with Gasteiger partial charge in [-0.25, -0.2) is 19.9 Å². The van der Waals surface area contributed by atoms with Crippen LogP contribution in [0.25, 0.3) is 77.3 Å². The molecule has 4 heteroatoms. The van der Waals surface area contributed by atoms with Crippen LogP contribution in [0.5, 0.6) is 0 Å². The topological polar surface area (TPSA) is 51.6 Å². The molecule has 0 aliphatic heterocycles. The first kappa shape index (κ1) is 24.3. The van der Waals surface area contributed by atoms with Crippen molar-refractivity contribution in [2.24, 2.45) is 0 Å². The highest BCUT2D eigenvalue weighted by molar-refractivity contribution is 6.02. The van der Waals surface area contributed by atoms with Gasteiger partial charge in [-0.2, -0.15) is 0 Å². The highest BCUT2D eigenvalue weighted by atomic mass is 14.9. The van der Waals surface area contributed by atoms with Crippen molar-refractivity contribution in [2.75, 3.05) is 0 Å². The lowest BCUT2D eigenvalue weighted by Crippen LogP contribution is -2.04. The van der Waals surface area contributed by atoms with Crippen molar-refractivity contribution in [3.05, 3.63) is 133 Å². The van der Waals surface area contributed by atoms with Crippen LogP contribution in [-0.2, 0) is 6.42 Å². The SMILES string of the molecule is CCc1c(-c2ccc3ccccc3c2)nc(-c2ccc3ccccc3c2)nc1-c1ncnc2cc3ccccc3cc12. The van der Waals surface area contributed by atoms with Gasteiger partial charge >= 0.3 is 0 Å². The van der Waals surface area contributed by atoms with Crippen molar-refractivity contribution in [2.45, 2.75) is 13.3 Å². The fraction of sp³-hybridized carbons (Fsp3) is 0.0526. The zero-order valence-electron chi connectivity index (χ0n) is 23.1. The second kappa shape index (κ2) is 9.86. The first-order valence-corrected chi connectivity index (χ1v) is 14.3. The van der Waals surface area contributed by atoms with Gasteiger partial charge < -0.3 is 0 Å². The molecule has 2 heterocycles. The largest absolute Gasteiger partial charge is 0.236 e. The zero-order valence-corrected chi connectivity index (χ0v) is 23.1. The van der Waals surface area contributed by atoms with E-state index in [1.807, 2.05) is 0 Å². The summed E-state index contributed by atoms with van der Waals surface area (Å²) in [5.74, 6) is 0.684. The quantitative estimate of drug-likeness (QED) is 0.209. The molecule has 0 N–H and O–H groups in total. The van der Waals surface area contributed by atoms with Gasteiger partial charge in [0, 0.05) is 22.1 Å². The van der Waals surface area contributed by atoms with Gasteiger partial charge in [0.05, 0.1) is 16.9 Å². The van der Waals surface area contributed by atoms with Gasteiger partial charge in [0.15, 0.2) is 5.82 Å². The van der Waals surface area contributed by atoms with Crippen LogP contribution in [0.2, 0.25) is 0 Å². The van der Waals surface area contributed by atoms with Crippen molar-refractivity contribution in [1.29, 1.82) is 0 Å². The highest BCUT2D eigenvalue weighted by Gasteiger charge is 2.21. The summed E-state index contributed by atoms with van der Waals surface area (Å²) in [6.45, 7) is 2.17. The Morgan fingerprint density at radius 1 is 0.476 bits per heavy atom. The molecular weight excluding hydrogens is 512 g/mol. The number of aromatic nitrogens is 4. The van der Waals surface area contributed by atoms with E-state index in [1.54, 1.807) is 6.33 Å². The zero-order chi connectivity index (χ0) is 28.0. The third-order valence-corrected chi connectivity index (χ3v) is 8.12. The van der Waals surface area contributed by atoms with E-state index in [1.165, 1.54) is 16.2 Å². The van der Waals surface area contributed by atoms with E-state index in [-0.39, 0.29) is 0 Å². The molecule has 0 saturated heterocycles. The average Bonchev–Trinajstić information content (AvgIpc) is 3.06. The van der Waals surface area contributed by atoms with Crippen LogP contribution < -0.4 is 0 Å². The molecular formula is C38H26N4. The Kier molecular flexibility index (Phi) is 5.71. The fourth-order valence-electron chi connectivity index (χ4n) is 5.98. The summed E-state index contributed by atoms with van der Waals surface area (Å²) in [5, 5.41) is 8.03. The normalized spacial score (nSPS) is 11.5. The molecule has 0 radical (unpaired) electrons. The van der Waals surface area contributed by atoms with Gasteiger partial charge in [0.25, 0.3) is 0 Å². The first-order valence-electron chi connectivity index (χ1n) is 14.3. The number of benzene rings is 6. The maximum Gasteiger partial charge on any atom is 0.160 e. The van der Waals surface area contributed by atoms with Crippen LogP contribution in [0.4, 0.5) is 0 Å². The number of fused-ring (bicyclic) bond motifs is 4. The van der Waals surface area contributed by atoms with Crippen LogP contribution in [0.15, 0.2) is 128 Å². The molecule has 0 bridgehead atoms. The smallest absolute Gasteiger partial charge is 0.160 e. The molecule has 0 amide bonds. The molecule has 198 valence electrons. The van der Waals surface area contributed by atoms with Crippen LogP contribution in [0, 0.1) is 0 Å². The molecule has 0 atom stereocenters. The summed E-state index contributed by atoms with van der Waals surface area (Å²) in [7, 11) is 0. The first-order chi connectivity index (χ1) is 20.7. The Morgan fingerprint density at radius 3 is 1.69 bits per heavy atom. The van der Waals surface area contributed by atoms with Gasteiger partial charge in [-0.15, -0.1) is 0 Å². The predicted octanol–water partition coefficient (Wildman–Crippen LogP) is 9.44. The van der Waals surface area contributed by atoms with Crippen LogP contribution in [-0.4, -0.2) is 19.9 Å². The number of rotatable bonds is 4. The molecule has 42 heavy (non-hydrogen) atoms. The summed E-state index contributed by atoms with van der Waals surface area (Å²) in [4.78, 5) is 20.0. The van der Waals surface area contributed by atoms with Gasteiger partial charge in [0.2, 0.25) is 0 Å². The molecule has 0 fully saturated rings. The minimum absolute atomic E-state index is 0.684. The van der Waals surface area contributed by atoms with Crippen LogP contribution in [0.3, 0.4) is 0 Å². The van der Waals surface area contributed by atoms with Crippen molar-refractivity contribution >= 4 is 43.2 Å². The molecule has 2 aromatic heterocycles. The number of nitrogens with zero attached hydrogens (tertiary/aromatic N) is 4. The van der Waals surface area contributed by atoms with Gasteiger partial charge in [-0.1, -0.05) is 104 Å².